The molecule has 0 aromatic heterocycles. The standard InChI is InChI=1S/C16H26N2O4S/c1-13-6-7-15(22-3)16(11-13)23(19,20)17-12-14-5-4-8-18(14)9-10-21-2/h6-7,11,14,17H,4-5,8-10,12H2,1-3H3/t14-/m1/s1. The molecule has 1 aliphatic heterocycles. The second-order valence-electron chi connectivity index (χ2n) is 5.83. The Balaban J connectivity index is 2.05. The maximum Gasteiger partial charge on any atom is 0.244 e. The Morgan fingerprint density at radius 3 is 2.83 bits per heavy atom. The van der Waals surface area contributed by atoms with Crippen LogP contribution in [0.25, 0.3) is 0 Å². The highest BCUT2D eigenvalue weighted by Crippen LogP contribution is 2.25. The second kappa shape index (κ2) is 8.10. The van der Waals surface area contributed by atoms with Crippen LogP contribution in [0.4, 0.5) is 0 Å². The van der Waals surface area contributed by atoms with Crippen LogP contribution in [0, 0.1) is 6.92 Å². The van der Waals surface area contributed by atoms with Gasteiger partial charge in [-0.1, -0.05) is 6.07 Å². The van der Waals surface area contributed by atoms with Gasteiger partial charge >= 0.3 is 0 Å². The van der Waals surface area contributed by atoms with Crippen LogP contribution in [-0.2, 0) is 14.8 Å². The quantitative estimate of drug-likeness (QED) is 0.773. The molecule has 1 aromatic rings. The number of aryl methyl sites for hydroxylation is 1. The topological polar surface area (TPSA) is 67.9 Å². The van der Waals surface area contributed by atoms with Gasteiger partial charge in [-0.3, -0.25) is 4.90 Å². The Bertz CT molecular complexity index is 619. The van der Waals surface area contributed by atoms with E-state index in [1.165, 1.54) is 7.11 Å². The number of nitrogens with zero attached hydrogens (tertiary/aromatic N) is 1. The van der Waals surface area contributed by atoms with Crippen LogP contribution in [0.15, 0.2) is 23.1 Å². The molecule has 1 aromatic carbocycles. The maximum absolute atomic E-state index is 12.6. The fourth-order valence-corrected chi connectivity index (χ4v) is 4.23. The van der Waals surface area contributed by atoms with Crippen molar-refractivity contribution in [2.75, 3.05) is 40.5 Å². The number of benzene rings is 1. The van der Waals surface area contributed by atoms with Crippen molar-refractivity contribution in [3.05, 3.63) is 23.8 Å². The minimum atomic E-state index is -3.59. The third-order valence-corrected chi connectivity index (χ3v) is 5.64. The zero-order valence-corrected chi connectivity index (χ0v) is 14.9. The summed E-state index contributed by atoms with van der Waals surface area (Å²) < 4.78 is 38.2. The van der Waals surface area contributed by atoms with Gasteiger partial charge in [-0.05, 0) is 44.0 Å². The number of hydrogen-bond acceptors (Lipinski definition) is 5. The van der Waals surface area contributed by atoms with Gasteiger partial charge in [0.1, 0.15) is 10.6 Å². The molecule has 0 amide bonds. The van der Waals surface area contributed by atoms with Crippen molar-refractivity contribution < 1.29 is 17.9 Å². The molecule has 1 fully saturated rings. The van der Waals surface area contributed by atoms with Crippen LogP contribution in [-0.4, -0.2) is 59.8 Å². The molecule has 0 aliphatic carbocycles. The SMILES string of the molecule is COCCN1CCC[C@@H]1CNS(=O)(=O)c1cc(C)ccc1OC. The van der Waals surface area contributed by atoms with Gasteiger partial charge in [0.25, 0.3) is 0 Å². The average Bonchev–Trinajstić information content (AvgIpc) is 2.98. The van der Waals surface area contributed by atoms with Gasteiger partial charge < -0.3 is 9.47 Å². The summed E-state index contributed by atoms with van der Waals surface area (Å²) in [6, 6.07) is 5.38. The zero-order valence-electron chi connectivity index (χ0n) is 14.0. The Hall–Kier alpha value is -1.15. The monoisotopic (exact) mass is 342 g/mol. The van der Waals surface area contributed by atoms with Crippen LogP contribution >= 0.6 is 0 Å². The maximum atomic E-state index is 12.6. The average molecular weight is 342 g/mol. The van der Waals surface area contributed by atoms with Gasteiger partial charge in [0.05, 0.1) is 13.7 Å². The van der Waals surface area contributed by atoms with Crippen LogP contribution < -0.4 is 9.46 Å². The molecule has 23 heavy (non-hydrogen) atoms. The summed E-state index contributed by atoms with van der Waals surface area (Å²) in [5, 5.41) is 0. The molecule has 1 aliphatic rings. The smallest absolute Gasteiger partial charge is 0.244 e. The first kappa shape index (κ1) is 18.2. The van der Waals surface area contributed by atoms with E-state index in [9.17, 15) is 8.42 Å². The molecular formula is C16H26N2O4S. The van der Waals surface area contributed by atoms with Crippen molar-refractivity contribution in [2.45, 2.75) is 30.7 Å². The molecule has 6 nitrogen and oxygen atoms in total. The van der Waals surface area contributed by atoms with Crippen molar-refractivity contribution in [3.8, 4) is 5.75 Å². The van der Waals surface area contributed by atoms with Crippen LogP contribution in [0.5, 0.6) is 5.75 Å². The van der Waals surface area contributed by atoms with E-state index in [0.29, 0.717) is 18.9 Å². The molecule has 0 radical (unpaired) electrons. The lowest BCUT2D eigenvalue weighted by Crippen LogP contribution is -2.41. The Morgan fingerprint density at radius 2 is 2.13 bits per heavy atom. The first-order chi connectivity index (χ1) is 11.0. The fraction of sp³-hybridized carbons (Fsp3) is 0.625. The molecule has 1 N–H and O–H groups in total. The van der Waals surface area contributed by atoms with Crippen molar-refractivity contribution in [1.82, 2.24) is 9.62 Å². The van der Waals surface area contributed by atoms with E-state index in [1.807, 2.05) is 13.0 Å². The first-order valence-corrected chi connectivity index (χ1v) is 9.33. The number of sulfonamides is 1. The van der Waals surface area contributed by atoms with E-state index in [-0.39, 0.29) is 10.9 Å². The number of rotatable bonds is 8. The number of likely N-dealkylation sites (tertiary alicyclic amines) is 1. The van der Waals surface area contributed by atoms with Gasteiger partial charge in [0, 0.05) is 26.2 Å². The highest BCUT2D eigenvalue weighted by Gasteiger charge is 2.27. The number of hydrogen-bond donors (Lipinski definition) is 1. The molecule has 1 atom stereocenters. The molecule has 130 valence electrons. The highest BCUT2D eigenvalue weighted by atomic mass is 32.2. The number of nitrogens with one attached hydrogen (secondary N) is 1. The molecular weight excluding hydrogens is 316 g/mol. The molecule has 1 saturated heterocycles. The van der Waals surface area contributed by atoms with E-state index >= 15 is 0 Å². The van der Waals surface area contributed by atoms with E-state index in [4.69, 9.17) is 9.47 Å². The Kier molecular flexibility index (Phi) is 6.41. The normalized spacial score (nSPS) is 19.2. The third kappa shape index (κ3) is 4.67. The lowest BCUT2D eigenvalue weighted by atomic mass is 10.2. The van der Waals surface area contributed by atoms with Gasteiger partial charge in [-0.15, -0.1) is 0 Å². The largest absolute Gasteiger partial charge is 0.495 e. The Labute approximate surface area is 138 Å². The lowest BCUT2D eigenvalue weighted by molar-refractivity contribution is 0.141. The zero-order chi connectivity index (χ0) is 16.9. The van der Waals surface area contributed by atoms with Crippen LogP contribution in [0.2, 0.25) is 0 Å². The van der Waals surface area contributed by atoms with Gasteiger partial charge in [0.2, 0.25) is 10.0 Å². The van der Waals surface area contributed by atoms with Crippen LogP contribution in [0.3, 0.4) is 0 Å². The molecule has 1 heterocycles. The summed E-state index contributed by atoms with van der Waals surface area (Å²) in [5.41, 5.74) is 0.883. The van der Waals surface area contributed by atoms with E-state index in [0.717, 1.165) is 31.5 Å². The minimum absolute atomic E-state index is 0.196. The van der Waals surface area contributed by atoms with Crippen molar-refractivity contribution in [2.24, 2.45) is 0 Å². The lowest BCUT2D eigenvalue weighted by Gasteiger charge is -2.24. The molecule has 0 spiro atoms. The predicted molar refractivity (Wildman–Crippen MR) is 89.4 cm³/mol. The number of methoxy groups -OCH3 is 2. The molecule has 0 saturated carbocycles. The summed E-state index contributed by atoms with van der Waals surface area (Å²) >= 11 is 0. The van der Waals surface area contributed by atoms with Gasteiger partial charge in [0.15, 0.2) is 0 Å². The predicted octanol–water partition coefficient (Wildman–Crippen LogP) is 1.39. The van der Waals surface area contributed by atoms with Gasteiger partial charge in [-0.25, -0.2) is 13.1 Å². The summed E-state index contributed by atoms with van der Waals surface area (Å²) in [6.07, 6.45) is 2.08. The van der Waals surface area contributed by atoms with E-state index in [1.54, 1.807) is 19.2 Å². The highest BCUT2D eigenvalue weighted by molar-refractivity contribution is 7.89. The molecule has 0 unspecified atom stereocenters. The summed E-state index contributed by atoms with van der Waals surface area (Å²) in [6.45, 7) is 4.75. The summed E-state index contributed by atoms with van der Waals surface area (Å²) in [5.74, 6) is 0.366. The molecule has 2 rings (SSSR count). The molecule has 0 bridgehead atoms. The molecule has 7 heteroatoms. The fourth-order valence-electron chi connectivity index (χ4n) is 2.91. The van der Waals surface area contributed by atoms with Crippen molar-refractivity contribution in [1.29, 1.82) is 0 Å². The van der Waals surface area contributed by atoms with E-state index in [2.05, 4.69) is 9.62 Å². The van der Waals surface area contributed by atoms with Gasteiger partial charge in [-0.2, -0.15) is 0 Å². The first-order valence-electron chi connectivity index (χ1n) is 7.85. The minimum Gasteiger partial charge on any atom is -0.495 e. The Morgan fingerprint density at radius 1 is 1.35 bits per heavy atom. The van der Waals surface area contributed by atoms with Crippen molar-refractivity contribution in [3.63, 3.8) is 0 Å². The summed E-state index contributed by atoms with van der Waals surface area (Å²) in [4.78, 5) is 2.47. The second-order valence-corrected chi connectivity index (χ2v) is 7.57. The van der Waals surface area contributed by atoms with E-state index < -0.39 is 10.0 Å². The summed E-state index contributed by atoms with van der Waals surface area (Å²) in [7, 11) is -0.432. The third-order valence-electron chi connectivity index (χ3n) is 4.20. The van der Waals surface area contributed by atoms with Crippen molar-refractivity contribution >= 4 is 10.0 Å². The number of ether oxygens (including phenoxy) is 2. The van der Waals surface area contributed by atoms with Crippen LogP contribution in [0.1, 0.15) is 18.4 Å².